The molecule has 0 saturated heterocycles. The van der Waals surface area contributed by atoms with Crippen molar-refractivity contribution < 1.29 is 22.8 Å². The van der Waals surface area contributed by atoms with Crippen LogP contribution in [0.25, 0.3) is 0 Å². The van der Waals surface area contributed by atoms with E-state index >= 15 is 0 Å². The number of benzene rings is 1. The quantitative estimate of drug-likeness (QED) is 0.615. The SMILES string of the molecule is CC1(C=O)CC1C(=O)c1ccc(C(F)(F)F)cc1. The van der Waals surface area contributed by atoms with Crippen molar-refractivity contribution in [1.29, 1.82) is 0 Å². The van der Waals surface area contributed by atoms with Crippen molar-refractivity contribution in [3.63, 3.8) is 0 Å². The van der Waals surface area contributed by atoms with E-state index in [2.05, 4.69) is 0 Å². The molecule has 2 rings (SSSR count). The highest BCUT2D eigenvalue weighted by molar-refractivity contribution is 6.02. The number of aldehydes is 1. The van der Waals surface area contributed by atoms with Gasteiger partial charge in [0.1, 0.15) is 6.29 Å². The molecule has 0 spiro atoms. The van der Waals surface area contributed by atoms with Crippen LogP contribution in [0.5, 0.6) is 0 Å². The first-order valence-corrected chi connectivity index (χ1v) is 5.46. The van der Waals surface area contributed by atoms with Gasteiger partial charge in [-0.2, -0.15) is 13.2 Å². The first-order chi connectivity index (χ1) is 8.28. The molecule has 0 N–H and O–H groups in total. The predicted octanol–water partition coefficient (Wildman–Crippen LogP) is 3.11. The average molecular weight is 256 g/mol. The highest BCUT2D eigenvalue weighted by Crippen LogP contribution is 2.51. The van der Waals surface area contributed by atoms with Crippen molar-refractivity contribution in [2.24, 2.45) is 11.3 Å². The minimum atomic E-state index is -4.40. The number of carbonyl (C=O) groups is 2. The van der Waals surface area contributed by atoms with E-state index in [1.165, 1.54) is 0 Å². The topological polar surface area (TPSA) is 34.1 Å². The maximum atomic E-state index is 12.3. The fraction of sp³-hybridized carbons (Fsp3) is 0.385. The van der Waals surface area contributed by atoms with E-state index in [0.717, 1.165) is 30.6 Å². The number of rotatable bonds is 3. The minimum Gasteiger partial charge on any atom is -0.303 e. The smallest absolute Gasteiger partial charge is 0.303 e. The van der Waals surface area contributed by atoms with Crippen LogP contribution in [0.3, 0.4) is 0 Å². The van der Waals surface area contributed by atoms with E-state index in [1.54, 1.807) is 6.92 Å². The van der Waals surface area contributed by atoms with Crippen LogP contribution in [0.1, 0.15) is 29.3 Å². The van der Waals surface area contributed by atoms with Gasteiger partial charge < -0.3 is 4.79 Å². The summed E-state index contributed by atoms with van der Waals surface area (Å²) in [5.41, 5.74) is -1.20. The highest BCUT2D eigenvalue weighted by atomic mass is 19.4. The fourth-order valence-corrected chi connectivity index (χ4v) is 1.93. The Hall–Kier alpha value is -1.65. The Morgan fingerprint density at radius 3 is 2.28 bits per heavy atom. The summed E-state index contributed by atoms with van der Waals surface area (Å²) in [5, 5.41) is 0. The molecule has 2 nitrogen and oxygen atoms in total. The fourth-order valence-electron chi connectivity index (χ4n) is 1.93. The molecule has 0 bridgehead atoms. The van der Waals surface area contributed by atoms with Gasteiger partial charge in [0.05, 0.1) is 5.56 Å². The Kier molecular flexibility index (Phi) is 2.80. The number of carbonyl (C=O) groups excluding carboxylic acids is 2. The molecule has 1 aliphatic carbocycles. The molecule has 18 heavy (non-hydrogen) atoms. The number of hydrogen-bond acceptors (Lipinski definition) is 2. The van der Waals surface area contributed by atoms with Crippen LogP contribution in [-0.2, 0) is 11.0 Å². The van der Waals surface area contributed by atoms with Crippen molar-refractivity contribution in [3.05, 3.63) is 35.4 Å². The Labute approximate surface area is 102 Å². The zero-order valence-corrected chi connectivity index (χ0v) is 9.62. The van der Waals surface area contributed by atoms with Gasteiger partial charge in [0.2, 0.25) is 0 Å². The molecule has 1 aromatic rings. The third-order valence-corrected chi connectivity index (χ3v) is 3.36. The lowest BCUT2D eigenvalue weighted by Gasteiger charge is -2.07. The van der Waals surface area contributed by atoms with Gasteiger partial charge in [-0.05, 0) is 18.6 Å². The number of ketones is 1. The van der Waals surface area contributed by atoms with E-state index in [9.17, 15) is 22.8 Å². The zero-order valence-electron chi connectivity index (χ0n) is 9.62. The molecule has 1 aliphatic rings. The van der Waals surface area contributed by atoms with Gasteiger partial charge in [0, 0.05) is 16.9 Å². The van der Waals surface area contributed by atoms with Gasteiger partial charge in [-0.1, -0.05) is 19.1 Å². The third kappa shape index (κ3) is 2.17. The summed E-state index contributed by atoms with van der Waals surface area (Å²) in [5.74, 6) is -0.662. The van der Waals surface area contributed by atoms with Crippen molar-refractivity contribution in [1.82, 2.24) is 0 Å². The van der Waals surface area contributed by atoms with E-state index in [4.69, 9.17) is 0 Å². The lowest BCUT2D eigenvalue weighted by Crippen LogP contribution is -2.10. The first-order valence-electron chi connectivity index (χ1n) is 5.46. The van der Waals surface area contributed by atoms with Crippen LogP contribution in [0.4, 0.5) is 13.2 Å². The molecule has 1 aromatic carbocycles. The van der Waals surface area contributed by atoms with Gasteiger partial charge in [-0.3, -0.25) is 4.79 Å². The zero-order chi connectivity index (χ0) is 13.6. The second-order valence-corrected chi connectivity index (χ2v) is 4.82. The van der Waals surface area contributed by atoms with E-state index in [-0.39, 0.29) is 11.3 Å². The minimum absolute atomic E-state index is 0.221. The van der Waals surface area contributed by atoms with Crippen molar-refractivity contribution in [2.45, 2.75) is 19.5 Å². The Morgan fingerprint density at radius 1 is 1.33 bits per heavy atom. The van der Waals surface area contributed by atoms with Gasteiger partial charge >= 0.3 is 6.18 Å². The summed E-state index contributed by atoms with van der Waals surface area (Å²) in [4.78, 5) is 22.6. The molecule has 5 heteroatoms. The van der Waals surface area contributed by atoms with Crippen molar-refractivity contribution in [2.75, 3.05) is 0 Å². The summed E-state index contributed by atoms with van der Waals surface area (Å²) < 4.78 is 37.0. The summed E-state index contributed by atoms with van der Waals surface area (Å²) >= 11 is 0. The van der Waals surface area contributed by atoms with E-state index in [1.807, 2.05) is 0 Å². The van der Waals surface area contributed by atoms with Crippen LogP contribution in [-0.4, -0.2) is 12.1 Å². The normalized spacial score (nSPS) is 26.8. The van der Waals surface area contributed by atoms with Gasteiger partial charge in [0.25, 0.3) is 0 Å². The average Bonchev–Trinajstić information content (AvgIpc) is 3.01. The van der Waals surface area contributed by atoms with Crippen LogP contribution in [0, 0.1) is 11.3 Å². The maximum absolute atomic E-state index is 12.3. The summed E-state index contributed by atoms with van der Waals surface area (Å²) in [6.45, 7) is 1.67. The second kappa shape index (κ2) is 3.93. The predicted molar refractivity (Wildman–Crippen MR) is 58.1 cm³/mol. The highest BCUT2D eigenvalue weighted by Gasteiger charge is 2.54. The third-order valence-electron chi connectivity index (χ3n) is 3.36. The molecular weight excluding hydrogens is 245 g/mol. The molecule has 1 fully saturated rings. The molecule has 0 radical (unpaired) electrons. The molecule has 0 aromatic heterocycles. The standard InChI is InChI=1S/C13H11F3O2/c1-12(7-17)6-10(12)11(18)8-2-4-9(5-3-8)13(14,15)16/h2-5,7,10H,6H2,1H3. The monoisotopic (exact) mass is 256 g/mol. The number of halogens is 3. The largest absolute Gasteiger partial charge is 0.416 e. The first kappa shape index (κ1) is 12.8. The van der Waals surface area contributed by atoms with Gasteiger partial charge in [-0.15, -0.1) is 0 Å². The molecule has 96 valence electrons. The number of hydrogen-bond donors (Lipinski definition) is 0. The number of Topliss-reactive ketones (excluding diaryl/α,β-unsaturated/α-hetero) is 1. The lowest BCUT2D eigenvalue weighted by molar-refractivity contribution is -0.137. The molecule has 0 heterocycles. The summed E-state index contributed by atoms with van der Waals surface area (Å²) in [6, 6.07) is 4.09. The van der Waals surface area contributed by atoms with Crippen molar-refractivity contribution in [3.8, 4) is 0 Å². The molecule has 0 amide bonds. The van der Waals surface area contributed by atoms with Crippen molar-refractivity contribution >= 4 is 12.1 Å². The molecule has 0 aliphatic heterocycles. The molecule has 2 unspecified atom stereocenters. The Balaban J connectivity index is 2.17. The number of alkyl halides is 3. The maximum Gasteiger partial charge on any atom is 0.416 e. The van der Waals surface area contributed by atoms with E-state index < -0.39 is 23.1 Å². The van der Waals surface area contributed by atoms with Gasteiger partial charge in [0.15, 0.2) is 5.78 Å². The van der Waals surface area contributed by atoms with Crippen LogP contribution in [0.15, 0.2) is 24.3 Å². The molecule has 2 atom stereocenters. The van der Waals surface area contributed by atoms with Crippen LogP contribution in [0.2, 0.25) is 0 Å². The van der Waals surface area contributed by atoms with Gasteiger partial charge in [-0.25, -0.2) is 0 Å². The molecular formula is C13H11F3O2. The summed E-state index contributed by atoms with van der Waals surface area (Å²) in [7, 11) is 0. The Morgan fingerprint density at radius 2 is 1.89 bits per heavy atom. The Bertz CT molecular complexity index is 490. The van der Waals surface area contributed by atoms with Crippen LogP contribution >= 0.6 is 0 Å². The van der Waals surface area contributed by atoms with Crippen LogP contribution < -0.4 is 0 Å². The molecule has 1 saturated carbocycles. The second-order valence-electron chi connectivity index (χ2n) is 4.82. The van der Waals surface area contributed by atoms with E-state index in [0.29, 0.717) is 6.42 Å². The summed E-state index contributed by atoms with van der Waals surface area (Å²) in [6.07, 6.45) is -3.20. The lowest BCUT2D eigenvalue weighted by atomic mass is 10.00.